The van der Waals surface area contributed by atoms with Crippen LogP contribution in [0.1, 0.15) is 11.1 Å². The zero-order valence-electron chi connectivity index (χ0n) is 12.3. The van der Waals surface area contributed by atoms with Gasteiger partial charge in [-0.3, -0.25) is 0 Å². The molecule has 0 saturated carbocycles. The van der Waals surface area contributed by atoms with E-state index in [0.717, 1.165) is 14.5 Å². The molecule has 0 aliphatic rings. The fraction of sp³-hybridized carbons (Fsp3) is 0.118. The maximum atomic E-state index is 11.4. The number of hydrogen-bond acceptors (Lipinski definition) is 3. The number of hydrogen-bond donors (Lipinski definition) is 1. The molecule has 0 spiro atoms. The molecule has 0 fully saturated rings. The Kier molecular flexibility index (Phi) is 6.24. The number of carboxylic acids is 1. The first-order valence-corrected chi connectivity index (χ1v) is 8.24. The predicted octanol–water partition coefficient (Wildman–Crippen LogP) is 4.86. The van der Waals surface area contributed by atoms with Crippen molar-refractivity contribution in [2.24, 2.45) is 0 Å². The first-order valence-electron chi connectivity index (χ1n) is 6.65. The van der Waals surface area contributed by atoms with E-state index in [9.17, 15) is 9.90 Å². The molecule has 2 rings (SSSR count). The predicted molar refractivity (Wildman–Crippen MR) is 95.2 cm³/mol. The van der Waals surface area contributed by atoms with Crippen LogP contribution in [-0.4, -0.2) is 18.2 Å². The van der Waals surface area contributed by atoms with Gasteiger partial charge in [0.1, 0.15) is 17.9 Å². The van der Waals surface area contributed by atoms with Gasteiger partial charge in [-0.05, 0) is 45.3 Å². The van der Waals surface area contributed by atoms with E-state index < -0.39 is 5.97 Å². The van der Waals surface area contributed by atoms with Crippen molar-refractivity contribution in [3.8, 4) is 5.75 Å². The molecule has 0 aliphatic carbocycles. The molecule has 0 unspecified atom stereocenters. The summed E-state index contributed by atoms with van der Waals surface area (Å²) in [5.41, 5.74) is 1.41. The van der Waals surface area contributed by atoms with Gasteiger partial charge in [-0.15, -0.1) is 0 Å². The Hall–Kier alpha value is -1.79. The van der Waals surface area contributed by atoms with Crippen LogP contribution in [0.15, 0.2) is 57.7 Å². The fourth-order valence-corrected chi connectivity index (χ4v) is 3.17. The van der Waals surface area contributed by atoms with E-state index >= 15 is 0 Å². The van der Waals surface area contributed by atoms with Gasteiger partial charge in [0, 0.05) is 4.47 Å². The SMILES string of the molecule is CO/C=C(/C(=O)O)c1ccccc1COc1ccc(Br)cc1Br. The Morgan fingerprint density at radius 2 is 1.96 bits per heavy atom. The highest BCUT2D eigenvalue weighted by Gasteiger charge is 2.15. The van der Waals surface area contributed by atoms with Crippen molar-refractivity contribution in [3.63, 3.8) is 0 Å². The highest BCUT2D eigenvalue weighted by Crippen LogP contribution is 2.29. The quantitative estimate of drug-likeness (QED) is 0.513. The summed E-state index contributed by atoms with van der Waals surface area (Å²) in [7, 11) is 1.42. The normalized spacial score (nSPS) is 11.2. The summed E-state index contributed by atoms with van der Waals surface area (Å²) in [6, 6.07) is 12.8. The third-order valence-electron chi connectivity index (χ3n) is 3.05. The van der Waals surface area contributed by atoms with Gasteiger partial charge in [0.2, 0.25) is 0 Å². The van der Waals surface area contributed by atoms with Crippen LogP contribution in [-0.2, 0) is 16.1 Å². The molecule has 2 aromatic rings. The molecule has 4 nitrogen and oxygen atoms in total. The number of ether oxygens (including phenoxy) is 2. The van der Waals surface area contributed by atoms with Crippen LogP contribution in [0.4, 0.5) is 0 Å². The lowest BCUT2D eigenvalue weighted by molar-refractivity contribution is -0.130. The fourth-order valence-electron chi connectivity index (χ4n) is 2.00. The first kappa shape index (κ1) is 17.6. The van der Waals surface area contributed by atoms with Crippen LogP contribution in [0.3, 0.4) is 0 Å². The van der Waals surface area contributed by atoms with Crippen molar-refractivity contribution >= 4 is 43.4 Å². The molecule has 0 saturated heterocycles. The Morgan fingerprint density at radius 3 is 2.61 bits per heavy atom. The summed E-state index contributed by atoms with van der Waals surface area (Å²) in [5.74, 6) is -0.375. The smallest absolute Gasteiger partial charge is 0.339 e. The molecule has 23 heavy (non-hydrogen) atoms. The van der Waals surface area contributed by atoms with E-state index in [4.69, 9.17) is 9.47 Å². The Bertz CT molecular complexity index is 741. The average Bonchev–Trinajstić information content (AvgIpc) is 2.52. The maximum Gasteiger partial charge on any atom is 0.339 e. The van der Waals surface area contributed by atoms with Crippen molar-refractivity contribution in [2.45, 2.75) is 6.61 Å². The van der Waals surface area contributed by atoms with Crippen LogP contribution in [0.25, 0.3) is 5.57 Å². The summed E-state index contributed by atoms with van der Waals surface area (Å²) in [4.78, 5) is 11.4. The molecule has 2 aromatic carbocycles. The summed E-state index contributed by atoms with van der Waals surface area (Å²) >= 11 is 6.82. The summed E-state index contributed by atoms with van der Waals surface area (Å²) in [6.07, 6.45) is 1.22. The summed E-state index contributed by atoms with van der Waals surface area (Å²) < 4.78 is 12.4. The van der Waals surface area contributed by atoms with Gasteiger partial charge in [0.15, 0.2) is 0 Å². The van der Waals surface area contributed by atoms with Crippen molar-refractivity contribution < 1.29 is 19.4 Å². The molecule has 0 radical (unpaired) electrons. The lowest BCUT2D eigenvalue weighted by Crippen LogP contribution is -2.06. The molecule has 0 amide bonds. The molecule has 0 atom stereocenters. The molecule has 0 aromatic heterocycles. The van der Waals surface area contributed by atoms with Crippen LogP contribution < -0.4 is 4.74 Å². The number of aliphatic carboxylic acids is 1. The third kappa shape index (κ3) is 4.59. The van der Waals surface area contributed by atoms with E-state index in [-0.39, 0.29) is 12.2 Å². The lowest BCUT2D eigenvalue weighted by atomic mass is 10.0. The van der Waals surface area contributed by atoms with Gasteiger partial charge >= 0.3 is 5.97 Å². The molecule has 0 bridgehead atoms. The largest absolute Gasteiger partial charge is 0.503 e. The summed E-state index contributed by atoms with van der Waals surface area (Å²) in [5, 5.41) is 9.34. The molecule has 0 aliphatic heterocycles. The van der Waals surface area contributed by atoms with Crippen molar-refractivity contribution in [3.05, 3.63) is 68.8 Å². The van der Waals surface area contributed by atoms with Gasteiger partial charge < -0.3 is 14.6 Å². The highest BCUT2D eigenvalue weighted by molar-refractivity contribution is 9.11. The molecule has 1 N–H and O–H groups in total. The second-order valence-electron chi connectivity index (χ2n) is 4.59. The molecule has 0 heterocycles. The minimum atomic E-state index is -1.05. The number of halogens is 2. The minimum absolute atomic E-state index is 0.0848. The van der Waals surface area contributed by atoms with E-state index in [1.807, 2.05) is 30.3 Å². The average molecular weight is 442 g/mol. The molecule has 120 valence electrons. The van der Waals surface area contributed by atoms with Gasteiger partial charge in [-0.2, -0.15) is 0 Å². The highest BCUT2D eigenvalue weighted by atomic mass is 79.9. The second-order valence-corrected chi connectivity index (χ2v) is 6.36. The first-order chi connectivity index (χ1) is 11.0. The number of carbonyl (C=O) groups is 1. The van der Waals surface area contributed by atoms with Crippen LogP contribution >= 0.6 is 31.9 Å². The van der Waals surface area contributed by atoms with Gasteiger partial charge in [-0.25, -0.2) is 4.79 Å². The van der Waals surface area contributed by atoms with Crippen molar-refractivity contribution in [2.75, 3.05) is 7.11 Å². The van der Waals surface area contributed by atoms with Gasteiger partial charge in [0.05, 0.1) is 17.8 Å². The van der Waals surface area contributed by atoms with E-state index in [2.05, 4.69) is 31.9 Å². The number of benzene rings is 2. The van der Waals surface area contributed by atoms with Crippen LogP contribution in [0.5, 0.6) is 5.75 Å². The molecule has 6 heteroatoms. The summed E-state index contributed by atoms with van der Waals surface area (Å²) in [6.45, 7) is 0.241. The van der Waals surface area contributed by atoms with Crippen LogP contribution in [0.2, 0.25) is 0 Å². The second kappa shape index (κ2) is 8.17. The number of methoxy groups -OCH3 is 1. The number of rotatable bonds is 6. The monoisotopic (exact) mass is 440 g/mol. The topological polar surface area (TPSA) is 55.8 Å². The van der Waals surface area contributed by atoms with Crippen molar-refractivity contribution in [1.82, 2.24) is 0 Å². The lowest BCUT2D eigenvalue weighted by Gasteiger charge is -2.12. The standard InChI is InChI=1S/C17H14Br2O4/c1-22-10-14(17(20)21)13-5-3-2-4-11(13)9-23-16-7-6-12(18)8-15(16)19/h2-8,10H,9H2,1H3,(H,20,21)/b14-10+. The zero-order valence-corrected chi connectivity index (χ0v) is 15.4. The third-order valence-corrected chi connectivity index (χ3v) is 4.16. The van der Waals surface area contributed by atoms with E-state index in [0.29, 0.717) is 11.3 Å². The Balaban J connectivity index is 2.27. The zero-order chi connectivity index (χ0) is 16.8. The maximum absolute atomic E-state index is 11.4. The Morgan fingerprint density at radius 1 is 1.22 bits per heavy atom. The van der Waals surface area contributed by atoms with Crippen molar-refractivity contribution in [1.29, 1.82) is 0 Å². The van der Waals surface area contributed by atoms with Gasteiger partial charge in [-0.1, -0.05) is 40.2 Å². The van der Waals surface area contributed by atoms with Gasteiger partial charge in [0.25, 0.3) is 0 Å². The molecular formula is C17H14Br2O4. The van der Waals surface area contributed by atoms with Crippen LogP contribution in [0, 0.1) is 0 Å². The molecular weight excluding hydrogens is 428 g/mol. The minimum Gasteiger partial charge on any atom is -0.503 e. The Labute approximate surface area is 151 Å². The van der Waals surface area contributed by atoms with E-state index in [1.54, 1.807) is 12.1 Å². The van der Waals surface area contributed by atoms with E-state index in [1.165, 1.54) is 13.4 Å². The number of carboxylic acid groups (broad SMARTS) is 1.